The molecule has 0 bridgehead atoms. The van der Waals surface area contributed by atoms with E-state index in [-0.39, 0.29) is 0 Å². The Bertz CT molecular complexity index is 351. The summed E-state index contributed by atoms with van der Waals surface area (Å²) in [5.74, 6) is 0. The van der Waals surface area contributed by atoms with Gasteiger partial charge in [0.15, 0.2) is 0 Å². The molecule has 0 saturated carbocycles. The van der Waals surface area contributed by atoms with E-state index in [9.17, 15) is 0 Å². The minimum Gasteiger partial charge on any atom is -0.266 e. The van der Waals surface area contributed by atoms with Gasteiger partial charge < -0.3 is 0 Å². The lowest BCUT2D eigenvalue weighted by Gasteiger charge is -2.11. The molecule has 1 heterocycles. The zero-order valence-corrected chi connectivity index (χ0v) is 7.59. The summed E-state index contributed by atoms with van der Waals surface area (Å²) in [4.78, 5) is 0. The predicted molar refractivity (Wildman–Crippen MR) is 52.5 cm³/mol. The molecule has 0 amide bonds. The fraction of sp³-hybridized carbons (Fsp3) is 0.182. The van der Waals surface area contributed by atoms with Gasteiger partial charge in [0, 0.05) is 12.4 Å². The summed E-state index contributed by atoms with van der Waals surface area (Å²) in [5.41, 5.74) is 1.28. The van der Waals surface area contributed by atoms with Crippen LogP contribution in [0.15, 0.2) is 48.8 Å². The SMILES string of the molecule is CC(c1ccccc1)n1cccn1. The van der Waals surface area contributed by atoms with Crippen LogP contribution in [0.5, 0.6) is 0 Å². The van der Waals surface area contributed by atoms with E-state index in [0.29, 0.717) is 6.04 Å². The summed E-state index contributed by atoms with van der Waals surface area (Å²) in [6.45, 7) is 2.14. The lowest BCUT2D eigenvalue weighted by Crippen LogP contribution is -2.06. The molecule has 13 heavy (non-hydrogen) atoms. The summed E-state index contributed by atoms with van der Waals surface area (Å²) in [7, 11) is 0. The predicted octanol–water partition coefficient (Wildman–Crippen LogP) is 2.49. The van der Waals surface area contributed by atoms with Crippen molar-refractivity contribution in [2.24, 2.45) is 0 Å². The zero-order chi connectivity index (χ0) is 9.10. The van der Waals surface area contributed by atoms with Gasteiger partial charge in [0.05, 0.1) is 6.04 Å². The fourth-order valence-corrected chi connectivity index (χ4v) is 1.39. The minimum atomic E-state index is 0.316. The first-order valence-corrected chi connectivity index (χ1v) is 4.42. The number of hydrogen-bond acceptors (Lipinski definition) is 1. The van der Waals surface area contributed by atoms with Gasteiger partial charge in [-0.1, -0.05) is 30.3 Å². The lowest BCUT2D eigenvalue weighted by molar-refractivity contribution is 0.564. The van der Waals surface area contributed by atoms with Crippen LogP contribution in [-0.2, 0) is 0 Å². The van der Waals surface area contributed by atoms with Crippen LogP contribution in [0.25, 0.3) is 0 Å². The van der Waals surface area contributed by atoms with Gasteiger partial charge in [-0.05, 0) is 18.6 Å². The van der Waals surface area contributed by atoms with Crippen molar-refractivity contribution in [2.45, 2.75) is 13.0 Å². The van der Waals surface area contributed by atoms with Gasteiger partial charge in [0.25, 0.3) is 0 Å². The van der Waals surface area contributed by atoms with Crippen molar-refractivity contribution in [3.05, 3.63) is 54.4 Å². The Kier molecular flexibility index (Phi) is 2.13. The molecule has 0 spiro atoms. The maximum atomic E-state index is 4.21. The van der Waals surface area contributed by atoms with Crippen molar-refractivity contribution >= 4 is 0 Å². The third kappa shape index (κ3) is 1.61. The van der Waals surface area contributed by atoms with E-state index >= 15 is 0 Å². The quantitative estimate of drug-likeness (QED) is 0.680. The third-order valence-corrected chi connectivity index (χ3v) is 2.20. The van der Waals surface area contributed by atoms with Crippen molar-refractivity contribution in [3.8, 4) is 0 Å². The zero-order valence-electron chi connectivity index (χ0n) is 7.59. The number of aromatic nitrogens is 2. The molecule has 0 aliphatic rings. The molecule has 1 aromatic carbocycles. The molecule has 0 radical (unpaired) electrons. The minimum absolute atomic E-state index is 0.316. The van der Waals surface area contributed by atoms with Gasteiger partial charge in [-0.15, -0.1) is 0 Å². The van der Waals surface area contributed by atoms with E-state index in [4.69, 9.17) is 0 Å². The van der Waals surface area contributed by atoms with Crippen LogP contribution in [0.4, 0.5) is 0 Å². The van der Waals surface area contributed by atoms with Crippen molar-refractivity contribution in [3.63, 3.8) is 0 Å². The van der Waals surface area contributed by atoms with Crippen molar-refractivity contribution in [1.82, 2.24) is 9.78 Å². The summed E-state index contributed by atoms with van der Waals surface area (Å²) < 4.78 is 1.95. The molecule has 1 aromatic heterocycles. The van der Waals surface area contributed by atoms with Gasteiger partial charge in [0.2, 0.25) is 0 Å². The highest BCUT2D eigenvalue weighted by atomic mass is 15.3. The van der Waals surface area contributed by atoms with Gasteiger partial charge in [-0.2, -0.15) is 5.10 Å². The number of nitrogens with zero attached hydrogens (tertiary/aromatic N) is 2. The van der Waals surface area contributed by atoms with Crippen LogP contribution in [0.2, 0.25) is 0 Å². The van der Waals surface area contributed by atoms with Gasteiger partial charge >= 0.3 is 0 Å². The average Bonchev–Trinajstić information content (AvgIpc) is 2.71. The van der Waals surface area contributed by atoms with Crippen molar-refractivity contribution in [2.75, 3.05) is 0 Å². The standard InChI is InChI=1S/C11H12N2/c1-10(13-9-5-8-12-13)11-6-3-2-4-7-11/h2-10H,1H3. The third-order valence-electron chi connectivity index (χ3n) is 2.20. The Morgan fingerprint density at radius 1 is 1.15 bits per heavy atom. The van der Waals surface area contributed by atoms with Crippen LogP contribution in [0.3, 0.4) is 0 Å². The molecule has 2 nitrogen and oxygen atoms in total. The van der Waals surface area contributed by atoms with Crippen LogP contribution in [0.1, 0.15) is 18.5 Å². The molecule has 0 saturated heterocycles. The Morgan fingerprint density at radius 2 is 1.92 bits per heavy atom. The smallest absolute Gasteiger partial charge is 0.0740 e. The summed E-state index contributed by atoms with van der Waals surface area (Å²) in [6.07, 6.45) is 3.79. The van der Waals surface area contributed by atoms with E-state index in [2.05, 4.69) is 36.3 Å². The highest BCUT2D eigenvalue weighted by Crippen LogP contribution is 2.15. The first-order chi connectivity index (χ1) is 6.38. The summed E-state index contributed by atoms with van der Waals surface area (Å²) >= 11 is 0. The Balaban J connectivity index is 2.29. The maximum absolute atomic E-state index is 4.21. The molecule has 1 unspecified atom stereocenters. The average molecular weight is 172 g/mol. The molecule has 2 rings (SSSR count). The normalized spacial score (nSPS) is 12.7. The second kappa shape index (κ2) is 3.44. The highest BCUT2D eigenvalue weighted by molar-refractivity contribution is 5.18. The second-order valence-corrected chi connectivity index (χ2v) is 3.07. The topological polar surface area (TPSA) is 17.8 Å². The van der Waals surface area contributed by atoms with Gasteiger partial charge in [-0.3, -0.25) is 4.68 Å². The second-order valence-electron chi connectivity index (χ2n) is 3.07. The molecule has 0 N–H and O–H groups in total. The molecule has 0 fully saturated rings. The first kappa shape index (κ1) is 8.05. The van der Waals surface area contributed by atoms with Crippen LogP contribution in [0, 0.1) is 0 Å². The molecule has 2 aromatic rings. The van der Waals surface area contributed by atoms with E-state index in [1.54, 1.807) is 6.20 Å². The Morgan fingerprint density at radius 3 is 2.54 bits per heavy atom. The molecule has 66 valence electrons. The van der Waals surface area contributed by atoms with Crippen LogP contribution >= 0.6 is 0 Å². The molecule has 1 atom stereocenters. The van der Waals surface area contributed by atoms with E-state index in [0.717, 1.165) is 0 Å². The molecular formula is C11H12N2. The van der Waals surface area contributed by atoms with E-state index < -0.39 is 0 Å². The van der Waals surface area contributed by atoms with Gasteiger partial charge in [-0.25, -0.2) is 0 Å². The highest BCUT2D eigenvalue weighted by Gasteiger charge is 2.05. The van der Waals surface area contributed by atoms with Crippen LogP contribution < -0.4 is 0 Å². The van der Waals surface area contributed by atoms with Gasteiger partial charge in [0.1, 0.15) is 0 Å². The monoisotopic (exact) mass is 172 g/mol. The largest absolute Gasteiger partial charge is 0.266 e. The van der Waals surface area contributed by atoms with Crippen molar-refractivity contribution < 1.29 is 0 Å². The fourth-order valence-electron chi connectivity index (χ4n) is 1.39. The molecular weight excluding hydrogens is 160 g/mol. The van der Waals surface area contributed by atoms with Crippen molar-refractivity contribution in [1.29, 1.82) is 0 Å². The number of hydrogen-bond donors (Lipinski definition) is 0. The van der Waals surface area contributed by atoms with Crippen LogP contribution in [-0.4, -0.2) is 9.78 Å². The van der Waals surface area contributed by atoms with E-state index in [1.165, 1.54) is 5.56 Å². The number of benzene rings is 1. The first-order valence-electron chi connectivity index (χ1n) is 4.42. The molecule has 0 aliphatic carbocycles. The number of rotatable bonds is 2. The summed E-state index contributed by atoms with van der Waals surface area (Å²) in [5, 5.41) is 4.21. The summed E-state index contributed by atoms with van der Waals surface area (Å²) in [6, 6.07) is 12.6. The van der Waals surface area contributed by atoms with E-state index in [1.807, 2.05) is 23.0 Å². The molecule has 0 aliphatic heterocycles. The molecule has 2 heteroatoms. The Labute approximate surface area is 77.8 Å². The Hall–Kier alpha value is -1.57. The lowest BCUT2D eigenvalue weighted by atomic mass is 10.1. The maximum Gasteiger partial charge on any atom is 0.0740 e.